The summed E-state index contributed by atoms with van der Waals surface area (Å²) in [5, 5.41) is 12.4. The highest BCUT2D eigenvalue weighted by Gasteiger charge is 2.12. The molecule has 0 fully saturated rings. The van der Waals surface area contributed by atoms with Gasteiger partial charge in [-0.1, -0.05) is 60.2 Å². The zero-order valence-corrected chi connectivity index (χ0v) is 17.4. The van der Waals surface area contributed by atoms with Gasteiger partial charge in [-0.2, -0.15) is 5.26 Å². The number of rotatable bonds is 6. The number of ether oxygens (including phenoxy) is 1. The Kier molecular flexibility index (Phi) is 6.67. The SMILES string of the molecule is Cc1cccc(COc2ccccc2/C=C(\C#N)C(=O)Nc2cc(C)ccc2C)c1. The van der Waals surface area contributed by atoms with Gasteiger partial charge in [0.05, 0.1) is 0 Å². The van der Waals surface area contributed by atoms with Crippen LogP contribution < -0.4 is 10.1 Å². The Morgan fingerprint density at radius 2 is 1.77 bits per heavy atom. The maximum atomic E-state index is 12.7. The first-order valence-corrected chi connectivity index (χ1v) is 9.74. The van der Waals surface area contributed by atoms with Gasteiger partial charge in [-0.3, -0.25) is 4.79 Å². The van der Waals surface area contributed by atoms with Gasteiger partial charge in [0.1, 0.15) is 24.0 Å². The minimum atomic E-state index is -0.445. The normalized spacial score (nSPS) is 10.9. The minimum Gasteiger partial charge on any atom is -0.488 e. The number of para-hydroxylation sites is 1. The number of nitriles is 1. The maximum Gasteiger partial charge on any atom is 0.266 e. The number of carbonyl (C=O) groups excluding carboxylic acids is 1. The van der Waals surface area contributed by atoms with Crippen molar-refractivity contribution in [3.63, 3.8) is 0 Å². The van der Waals surface area contributed by atoms with Crippen LogP contribution in [0.2, 0.25) is 0 Å². The van der Waals surface area contributed by atoms with E-state index in [2.05, 4.69) is 11.4 Å². The predicted molar refractivity (Wildman–Crippen MR) is 120 cm³/mol. The van der Waals surface area contributed by atoms with Crippen LogP contribution in [0.25, 0.3) is 6.08 Å². The average Bonchev–Trinajstić information content (AvgIpc) is 2.73. The summed E-state index contributed by atoms with van der Waals surface area (Å²) < 4.78 is 5.97. The first-order chi connectivity index (χ1) is 14.5. The Labute approximate surface area is 177 Å². The van der Waals surface area contributed by atoms with E-state index in [9.17, 15) is 10.1 Å². The quantitative estimate of drug-likeness (QED) is 0.427. The summed E-state index contributed by atoms with van der Waals surface area (Å²) >= 11 is 0. The highest BCUT2D eigenvalue weighted by molar-refractivity contribution is 6.10. The predicted octanol–water partition coefficient (Wildman–Crippen LogP) is 5.74. The van der Waals surface area contributed by atoms with Gasteiger partial charge in [-0.15, -0.1) is 0 Å². The molecule has 0 aliphatic carbocycles. The molecule has 0 atom stereocenters. The monoisotopic (exact) mass is 396 g/mol. The Bertz CT molecular complexity index is 1140. The lowest BCUT2D eigenvalue weighted by atomic mass is 10.1. The summed E-state index contributed by atoms with van der Waals surface area (Å²) in [5.41, 5.74) is 5.59. The van der Waals surface area contributed by atoms with Crippen molar-refractivity contribution in [2.45, 2.75) is 27.4 Å². The van der Waals surface area contributed by atoms with Crippen LogP contribution in [0.5, 0.6) is 5.75 Å². The van der Waals surface area contributed by atoms with Gasteiger partial charge in [0.15, 0.2) is 0 Å². The molecular formula is C26H24N2O2. The van der Waals surface area contributed by atoms with Crippen molar-refractivity contribution in [2.75, 3.05) is 5.32 Å². The molecule has 150 valence electrons. The molecule has 0 unspecified atom stereocenters. The van der Waals surface area contributed by atoms with Crippen molar-refractivity contribution in [2.24, 2.45) is 0 Å². The van der Waals surface area contributed by atoms with E-state index in [-0.39, 0.29) is 5.57 Å². The molecule has 3 rings (SSSR count). The summed E-state index contributed by atoms with van der Waals surface area (Å²) in [5.74, 6) is 0.172. The molecule has 4 heteroatoms. The van der Waals surface area contributed by atoms with Gasteiger partial charge in [-0.05, 0) is 55.7 Å². The highest BCUT2D eigenvalue weighted by Crippen LogP contribution is 2.23. The van der Waals surface area contributed by atoms with E-state index in [0.29, 0.717) is 23.6 Å². The van der Waals surface area contributed by atoms with E-state index < -0.39 is 5.91 Å². The number of carbonyl (C=O) groups is 1. The fraction of sp³-hybridized carbons (Fsp3) is 0.154. The van der Waals surface area contributed by atoms with Gasteiger partial charge in [-0.25, -0.2) is 0 Å². The fourth-order valence-electron chi connectivity index (χ4n) is 3.06. The van der Waals surface area contributed by atoms with E-state index >= 15 is 0 Å². The van der Waals surface area contributed by atoms with Crippen LogP contribution >= 0.6 is 0 Å². The smallest absolute Gasteiger partial charge is 0.266 e. The van der Waals surface area contributed by atoms with Crippen molar-refractivity contribution in [3.8, 4) is 11.8 Å². The van der Waals surface area contributed by atoms with Crippen LogP contribution in [0.1, 0.15) is 27.8 Å². The molecule has 1 N–H and O–H groups in total. The Hall–Kier alpha value is -3.84. The van der Waals surface area contributed by atoms with Crippen LogP contribution in [0.4, 0.5) is 5.69 Å². The molecule has 0 heterocycles. The first-order valence-electron chi connectivity index (χ1n) is 9.74. The average molecular weight is 396 g/mol. The van der Waals surface area contributed by atoms with Crippen LogP contribution in [-0.2, 0) is 11.4 Å². The number of aryl methyl sites for hydroxylation is 3. The summed E-state index contributed by atoms with van der Waals surface area (Å²) in [6, 6.07) is 23.3. The van der Waals surface area contributed by atoms with Crippen LogP contribution in [-0.4, -0.2) is 5.91 Å². The number of hydrogen-bond acceptors (Lipinski definition) is 3. The van der Waals surface area contributed by atoms with E-state index in [1.165, 1.54) is 5.56 Å². The highest BCUT2D eigenvalue weighted by atomic mass is 16.5. The molecule has 0 bridgehead atoms. The van der Waals surface area contributed by atoms with Gasteiger partial charge in [0.25, 0.3) is 5.91 Å². The van der Waals surface area contributed by atoms with E-state index in [4.69, 9.17) is 4.74 Å². The summed E-state index contributed by atoms with van der Waals surface area (Å²) in [6.45, 7) is 6.31. The lowest BCUT2D eigenvalue weighted by molar-refractivity contribution is -0.112. The molecule has 0 aliphatic heterocycles. The minimum absolute atomic E-state index is 0.0162. The zero-order valence-electron chi connectivity index (χ0n) is 17.4. The largest absolute Gasteiger partial charge is 0.488 e. The molecule has 0 aliphatic rings. The summed E-state index contributed by atoms with van der Waals surface area (Å²) in [4.78, 5) is 12.7. The van der Waals surface area contributed by atoms with Crippen molar-refractivity contribution in [1.29, 1.82) is 5.26 Å². The topological polar surface area (TPSA) is 62.1 Å². The Morgan fingerprint density at radius 1 is 1.00 bits per heavy atom. The first kappa shape index (κ1) is 20.9. The number of anilines is 1. The third kappa shape index (κ3) is 5.36. The second-order valence-electron chi connectivity index (χ2n) is 7.26. The molecule has 0 spiro atoms. The van der Waals surface area contributed by atoms with Gasteiger partial charge in [0.2, 0.25) is 0 Å². The van der Waals surface area contributed by atoms with Crippen molar-refractivity contribution < 1.29 is 9.53 Å². The van der Waals surface area contributed by atoms with Crippen molar-refractivity contribution in [1.82, 2.24) is 0 Å². The van der Waals surface area contributed by atoms with E-state index in [1.807, 2.05) is 87.5 Å². The van der Waals surface area contributed by atoms with Gasteiger partial charge >= 0.3 is 0 Å². The lowest BCUT2D eigenvalue weighted by Crippen LogP contribution is -2.14. The maximum absolute atomic E-state index is 12.7. The van der Waals surface area contributed by atoms with E-state index in [1.54, 1.807) is 6.08 Å². The van der Waals surface area contributed by atoms with Crippen LogP contribution in [0.3, 0.4) is 0 Å². The van der Waals surface area contributed by atoms with Gasteiger partial charge in [0, 0.05) is 11.3 Å². The molecule has 1 amide bonds. The molecule has 0 aromatic heterocycles. The standard InChI is InChI=1S/C26H24N2O2/c1-18-7-6-8-21(13-18)17-30-25-10-5-4-9-22(25)15-23(16-27)26(29)28-24-14-19(2)11-12-20(24)3/h4-15H,17H2,1-3H3,(H,28,29)/b23-15+. The lowest BCUT2D eigenvalue weighted by Gasteiger charge is -2.11. The number of benzene rings is 3. The molecule has 0 radical (unpaired) electrons. The second kappa shape index (κ2) is 9.58. The molecule has 3 aromatic rings. The fourth-order valence-corrected chi connectivity index (χ4v) is 3.06. The third-order valence-corrected chi connectivity index (χ3v) is 4.70. The molecule has 4 nitrogen and oxygen atoms in total. The molecule has 0 saturated carbocycles. The number of nitrogens with zero attached hydrogens (tertiary/aromatic N) is 1. The number of nitrogens with one attached hydrogen (secondary N) is 1. The third-order valence-electron chi connectivity index (χ3n) is 4.70. The number of hydrogen-bond donors (Lipinski definition) is 1. The molecule has 30 heavy (non-hydrogen) atoms. The zero-order chi connectivity index (χ0) is 21.5. The van der Waals surface area contributed by atoms with E-state index in [0.717, 1.165) is 16.7 Å². The number of amides is 1. The molecule has 3 aromatic carbocycles. The van der Waals surface area contributed by atoms with Crippen molar-refractivity contribution in [3.05, 3.63) is 100 Å². The Balaban J connectivity index is 1.81. The van der Waals surface area contributed by atoms with Crippen molar-refractivity contribution >= 4 is 17.7 Å². The summed E-state index contributed by atoms with van der Waals surface area (Å²) in [7, 11) is 0. The Morgan fingerprint density at radius 3 is 2.53 bits per heavy atom. The van der Waals surface area contributed by atoms with Crippen LogP contribution in [0, 0.1) is 32.1 Å². The molecular weight excluding hydrogens is 372 g/mol. The second-order valence-corrected chi connectivity index (χ2v) is 7.26. The summed E-state index contributed by atoms with van der Waals surface area (Å²) in [6.07, 6.45) is 1.56. The van der Waals surface area contributed by atoms with Crippen LogP contribution in [0.15, 0.2) is 72.3 Å². The molecule has 0 saturated heterocycles. The van der Waals surface area contributed by atoms with Gasteiger partial charge < -0.3 is 10.1 Å².